The standard InChI is InChI=1S/C8H16BrN3OSi/c1-14(2,3)5-4-13-7-12-6-8(9)10-11-12/h6H,4-5,7H2,1-3H3. The van der Waals surface area contributed by atoms with Gasteiger partial charge in [-0.1, -0.05) is 24.9 Å². The minimum Gasteiger partial charge on any atom is -0.359 e. The van der Waals surface area contributed by atoms with Gasteiger partial charge in [-0.25, -0.2) is 4.68 Å². The fourth-order valence-electron chi connectivity index (χ4n) is 0.874. The molecule has 14 heavy (non-hydrogen) atoms. The van der Waals surface area contributed by atoms with E-state index in [1.165, 1.54) is 6.04 Å². The van der Waals surface area contributed by atoms with Crippen molar-refractivity contribution >= 4 is 24.0 Å². The van der Waals surface area contributed by atoms with Gasteiger partial charge in [0.1, 0.15) is 11.3 Å². The first-order chi connectivity index (χ1) is 6.47. The highest BCUT2D eigenvalue weighted by atomic mass is 79.9. The summed E-state index contributed by atoms with van der Waals surface area (Å²) in [5.74, 6) is 0. The van der Waals surface area contributed by atoms with Gasteiger partial charge >= 0.3 is 0 Å². The number of hydrogen-bond donors (Lipinski definition) is 0. The van der Waals surface area contributed by atoms with Crippen LogP contribution in [0.25, 0.3) is 0 Å². The first-order valence-electron chi connectivity index (χ1n) is 4.61. The maximum absolute atomic E-state index is 5.48. The van der Waals surface area contributed by atoms with Gasteiger partial charge < -0.3 is 4.74 Å². The van der Waals surface area contributed by atoms with Gasteiger partial charge in [-0.2, -0.15) is 0 Å². The molecular formula is C8H16BrN3OSi. The Bertz CT molecular complexity index is 284. The van der Waals surface area contributed by atoms with E-state index < -0.39 is 8.07 Å². The lowest BCUT2D eigenvalue weighted by Crippen LogP contribution is -2.22. The lowest BCUT2D eigenvalue weighted by Gasteiger charge is -2.15. The normalized spacial score (nSPS) is 12.0. The summed E-state index contributed by atoms with van der Waals surface area (Å²) in [5.41, 5.74) is 0. The van der Waals surface area contributed by atoms with Crippen molar-refractivity contribution in [3.63, 3.8) is 0 Å². The smallest absolute Gasteiger partial charge is 0.148 e. The van der Waals surface area contributed by atoms with Crippen molar-refractivity contribution in [2.24, 2.45) is 0 Å². The fourth-order valence-corrected chi connectivity index (χ4v) is 1.94. The number of nitrogens with zero attached hydrogens (tertiary/aromatic N) is 3. The molecule has 4 nitrogen and oxygen atoms in total. The van der Waals surface area contributed by atoms with Crippen molar-refractivity contribution in [3.8, 4) is 0 Å². The van der Waals surface area contributed by atoms with Crippen LogP contribution in [0.4, 0.5) is 0 Å². The molecule has 0 radical (unpaired) electrons. The van der Waals surface area contributed by atoms with Crippen molar-refractivity contribution in [3.05, 3.63) is 10.8 Å². The summed E-state index contributed by atoms with van der Waals surface area (Å²) in [7, 11) is -0.970. The van der Waals surface area contributed by atoms with Gasteiger partial charge in [0.25, 0.3) is 0 Å². The lowest BCUT2D eigenvalue weighted by atomic mass is 10.8. The maximum Gasteiger partial charge on any atom is 0.148 e. The van der Waals surface area contributed by atoms with Crippen LogP contribution in [0.15, 0.2) is 10.8 Å². The Morgan fingerprint density at radius 2 is 2.21 bits per heavy atom. The van der Waals surface area contributed by atoms with Crippen LogP contribution in [-0.2, 0) is 11.5 Å². The second-order valence-electron chi connectivity index (χ2n) is 4.43. The van der Waals surface area contributed by atoms with Crippen molar-refractivity contribution in [2.75, 3.05) is 6.61 Å². The fraction of sp³-hybridized carbons (Fsp3) is 0.750. The van der Waals surface area contributed by atoms with Crippen molar-refractivity contribution < 1.29 is 4.74 Å². The van der Waals surface area contributed by atoms with Gasteiger partial charge in [-0.3, -0.25) is 0 Å². The van der Waals surface area contributed by atoms with E-state index in [-0.39, 0.29) is 0 Å². The van der Waals surface area contributed by atoms with Crippen LogP contribution in [-0.4, -0.2) is 29.7 Å². The van der Waals surface area contributed by atoms with Crippen LogP contribution < -0.4 is 0 Å². The average molecular weight is 278 g/mol. The first kappa shape index (κ1) is 11.9. The zero-order valence-corrected chi connectivity index (χ0v) is 11.4. The van der Waals surface area contributed by atoms with Gasteiger partial charge in [0.15, 0.2) is 0 Å². The summed E-state index contributed by atoms with van der Waals surface area (Å²) in [6.07, 6.45) is 1.80. The third-order valence-corrected chi connectivity index (χ3v) is 3.80. The molecule has 1 rings (SSSR count). The first-order valence-corrected chi connectivity index (χ1v) is 9.11. The molecule has 0 aliphatic heterocycles. The highest BCUT2D eigenvalue weighted by Gasteiger charge is 2.11. The van der Waals surface area contributed by atoms with Crippen LogP contribution in [0.2, 0.25) is 25.7 Å². The summed E-state index contributed by atoms with van der Waals surface area (Å²) in [6, 6.07) is 1.18. The van der Waals surface area contributed by atoms with Crippen LogP contribution in [0, 0.1) is 0 Å². The Kier molecular flexibility index (Phi) is 4.27. The molecule has 0 aliphatic carbocycles. The molecule has 1 aromatic heterocycles. The molecule has 0 spiro atoms. The van der Waals surface area contributed by atoms with E-state index in [4.69, 9.17) is 4.74 Å². The third kappa shape index (κ3) is 4.87. The van der Waals surface area contributed by atoms with E-state index >= 15 is 0 Å². The van der Waals surface area contributed by atoms with Crippen molar-refractivity contribution in [2.45, 2.75) is 32.4 Å². The van der Waals surface area contributed by atoms with Gasteiger partial charge in [-0.05, 0) is 22.0 Å². The molecule has 1 aromatic rings. The predicted molar refractivity (Wildman–Crippen MR) is 61.8 cm³/mol. The van der Waals surface area contributed by atoms with Gasteiger partial charge in [0.05, 0.1) is 6.20 Å². The maximum atomic E-state index is 5.48. The molecule has 1 heterocycles. The Balaban J connectivity index is 2.16. The molecule has 0 aromatic carbocycles. The molecule has 0 amide bonds. The minimum atomic E-state index is -0.970. The lowest BCUT2D eigenvalue weighted by molar-refractivity contribution is 0.0772. The Hall–Kier alpha value is -0.203. The van der Waals surface area contributed by atoms with E-state index in [1.54, 1.807) is 10.9 Å². The zero-order chi connectivity index (χ0) is 10.6. The SMILES string of the molecule is C[Si](C)(C)CCOCn1cc(Br)nn1. The van der Waals surface area contributed by atoms with Gasteiger partial charge in [0.2, 0.25) is 0 Å². The van der Waals surface area contributed by atoms with E-state index in [1.807, 2.05) is 0 Å². The number of halogens is 1. The van der Waals surface area contributed by atoms with Crippen LogP contribution in [0.1, 0.15) is 0 Å². The average Bonchev–Trinajstić information content (AvgIpc) is 2.44. The summed E-state index contributed by atoms with van der Waals surface area (Å²) in [6.45, 7) is 8.31. The molecule has 0 saturated heterocycles. The third-order valence-electron chi connectivity index (χ3n) is 1.73. The van der Waals surface area contributed by atoms with Crippen LogP contribution >= 0.6 is 15.9 Å². The molecule has 80 valence electrons. The molecule has 0 atom stereocenters. The second kappa shape index (κ2) is 5.04. The van der Waals surface area contributed by atoms with Gasteiger partial charge in [0, 0.05) is 14.7 Å². The molecular weight excluding hydrogens is 262 g/mol. The molecule has 0 saturated carbocycles. The summed E-state index contributed by atoms with van der Waals surface area (Å²) < 4.78 is 7.90. The van der Waals surface area contributed by atoms with Crippen LogP contribution in [0.3, 0.4) is 0 Å². The molecule has 0 unspecified atom stereocenters. The summed E-state index contributed by atoms with van der Waals surface area (Å²) in [4.78, 5) is 0. The monoisotopic (exact) mass is 277 g/mol. The predicted octanol–water partition coefficient (Wildman–Crippen LogP) is 2.35. The summed E-state index contributed by atoms with van der Waals surface area (Å²) in [5, 5.41) is 7.66. The molecule has 0 fully saturated rings. The van der Waals surface area contributed by atoms with Crippen LogP contribution in [0.5, 0.6) is 0 Å². The number of ether oxygens (including phenoxy) is 1. The second-order valence-corrected chi connectivity index (χ2v) is 10.9. The topological polar surface area (TPSA) is 39.9 Å². The Morgan fingerprint density at radius 3 is 2.71 bits per heavy atom. The largest absolute Gasteiger partial charge is 0.359 e. The van der Waals surface area contributed by atoms with Crippen molar-refractivity contribution in [1.29, 1.82) is 0 Å². The summed E-state index contributed by atoms with van der Waals surface area (Å²) >= 11 is 3.23. The van der Waals surface area contributed by atoms with E-state index in [9.17, 15) is 0 Å². The molecule has 0 bridgehead atoms. The molecule has 0 N–H and O–H groups in total. The molecule has 6 heteroatoms. The van der Waals surface area contributed by atoms with Gasteiger partial charge in [-0.15, -0.1) is 5.10 Å². The number of aromatic nitrogens is 3. The highest BCUT2D eigenvalue weighted by Crippen LogP contribution is 2.08. The highest BCUT2D eigenvalue weighted by molar-refractivity contribution is 9.10. The molecule has 0 aliphatic rings. The Labute approximate surface area is 93.8 Å². The number of rotatable bonds is 5. The number of hydrogen-bond acceptors (Lipinski definition) is 3. The van der Waals surface area contributed by atoms with E-state index in [2.05, 4.69) is 45.9 Å². The quantitative estimate of drug-likeness (QED) is 0.613. The van der Waals surface area contributed by atoms with E-state index in [0.29, 0.717) is 6.73 Å². The zero-order valence-electron chi connectivity index (χ0n) is 8.83. The van der Waals surface area contributed by atoms with Crippen molar-refractivity contribution in [1.82, 2.24) is 15.0 Å². The Morgan fingerprint density at radius 1 is 1.50 bits per heavy atom. The minimum absolute atomic E-state index is 0.489. The van der Waals surface area contributed by atoms with E-state index in [0.717, 1.165) is 11.2 Å².